The summed E-state index contributed by atoms with van der Waals surface area (Å²) in [5.41, 5.74) is 0. The van der Waals surface area contributed by atoms with Gasteiger partial charge in [-0.3, -0.25) is 14.9 Å². The fraction of sp³-hybridized carbons (Fsp3) is 0.400. The molecule has 1 saturated heterocycles. The first-order valence-electron chi connectivity index (χ1n) is 4.54. The molecule has 1 aliphatic heterocycles. The summed E-state index contributed by atoms with van der Waals surface area (Å²) in [5.74, 6) is -0.218. The van der Waals surface area contributed by atoms with E-state index in [-0.39, 0.29) is 17.7 Å². The maximum absolute atomic E-state index is 11.1. The number of carbonyl (C=O) groups excluding carboxylic acids is 2. The molecule has 0 aliphatic carbocycles. The highest BCUT2D eigenvalue weighted by Gasteiger charge is 2.26. The van der Waals surface area contributed by atoms with Crippen LogP contribution in [0.4, 0.5) is 0 Å². The topological polar surface area (TPSA) is 46.2 Å². The molecule has 2 rings (SSSR count). The summed E-state index contributed by atoms with van der Waals surface area (Å²) in [6.07, 6.45) is 0.872. The van der Waals surface area contributed by atoms with Crippen LogP contribution in [0, 0.1) is 6.92 Å². The molecule has 0 unspecified atom stereocenters. The third-order valence-corrected chi connectivity index (χ3v) is 3.47. The van der Waals surface area contributed by atoms with E-state index in [9.17, 15) is 9.59 Å². The average molecular weight is 209 g/mol. The third kappa shape index (κ3) is 1.85. The zero-order valence-electron chi connectivity index (χ0n) is 7.87. The molecular formula is C10H11NO2S. The first-order valence-corrected chi connectivity index (χ1v) is 5.36. The lowest BCUT2D eigenvalue weighted by Crippen LogP contribution is -2.37. The third-order valence-electron chi connectivity index (χ3n) is 2.31. The number of amides is 2. The SMILES string of the molecule is Cc1ccc(C2CC(=O)NC(=O)C2)s1. The van der Waals surface area contributed by atoms with Gasteiger partial charge in [0.25, 0.3) is 0 Å². The Hall–Kier alpha value is -1.16. The Kier molecular flexibility index (Phi) is 2.37. The molecule has 0 atom stereocenters. The Morgan fingerprint density at radius 3 is 2.43 bits per heavy atom. The van der Waals surface area contributed by atoms with E-state index in [2.05, 4.69) is 5.32 Å². The molecule has 0 radical (unpaired) electrons. The van der Waals surface area contributed by atoms with Crippen molar-refractivity contribution >= 4 is 23.2 Å². The zero-order chi connectivity index (χ0) is 10.1. The van der Waals surface area contributed by atoms with Gasteiger partial charge < -0.3 is 0 Å². The largest absolute Gasteiger partial charge is 0.296 e. The van der Waals surface area contributed by atoms with Gasteiger partial charge in [-0.1, -0.05) is 0 Å². The number of hydrogen-bond donors (Lipinski definition) is 1. The minimum absolute atomic E-state index is 0.0925. The maximum Gasteiger partial charge on any atom is 0.227 e. The predicted molar refractivity (Wildman–Crippen MR) is 54.2 cm³/mol. The molecule has 0 saturated carbocycles. The van der Waals surface area contributed by atoms with Crippen molar-refractivity contribution in [3.63, 3.8) is 0 Å². The van der Waals surface area contributed by atoms with E-state index in [1.165, 1.54) is 4.88 Å². The molecule has 2 heterocycles. The van der Waals surface area contributed by atoms with Gasteiger partial charge >= 0.3 is 0 Å². The van der Waals surface area contributed by atoms with Gasteiger partial charge in [0.15, 0.2) is 0 Å². The van der Waals surface area contributed by atoms with Crippen molar-refractivity contribution < 1.29 is 9.59 Å². The fourth-order valence-corrected chi connectivity index (χ4v) is 2.63. The van der Waals surface area contributed by atoms with Crippen molar-refractivity contribution in [2.75, 3.05) is 0 Å². The minimum Gasteiger partial charge on any atom is -0.296 e. The molecule has 1 N–H and O–H groups in total. The smallest absolute Gasteiger partial charge is 0.227 e. The maximum atomic E-state index is 11.1. The van der Waals surface area contributed by atoms with Crippen LogP contribution in [0.15, 0.2) is 12.1 Å². The fourth-order valence-electron chi connectivity index (χ4n) is 1.65. The molecule has 0 bridgehead atoms. The minimum atomic E-state index is -0.155. The lowest BCUT2D eigenvalue weighted by Gasteiger charge is -2.19. The van der Waals surface area contributed by atoms with E-state index >= 15 is 0 Å². The van der Waals surface area contributed by atoms with Crippen LogP contribution >= 0.6 is 11.3 Å². The van der Waals surface area contributed by atoms with Crippen molar-refractivity contribution in [3.8, 4) is 0 Å². The summed E-state index contributed by atoms with van der Waals surface area (Å²) in [7, 11) is 0. The van der Waals surface area contributed by atoms with Gasteiger partial charge in [0.1, 0.15) is 0 Å². The molecule has 4 heteroatoms. The summed E-state index contributed by atoms with van der Waals surface area (Å²) in [6.45, 7) is 2.03. The van der Waals surface area contributed by atoms with Crippen LogP contribution in [0.5, 0.6) is 0 Å². The highest BCUT2D eigenvalue weighted by Crippen LogP contribution is 2.31. The lowest BCUT2D eigenvalue weighted by molar-refractivity contribution is -0.133. The predicted octanol–water partition coefficient (Wildman–Crippen LogP) is 1.58. The van der Waals surface area contributed by atoms with Gasteiger partial charge in [-0.25, -0.2) is 0 Å². The van der Waals surface area contributed by atoms with Crippen molar-refractivity contribution in [3.05, 3.63) is 21.9 Å². The van der Waals surface area contributed by atoms with Crippen LogP contribution < -0.4 is 5.32 Å². The summed E-state index contributed by atoms with van der Waals surface area (Å²) < 4.78 is 0. The van der Waals surface area contributed by atoms with Gasteiger partial charge in [0, 0.05) is 28.5 Å². The summed E-state index contributed by atoms with van der Waals surface area (Å²) in [5, 5.41) is 2.31. The Bertz CT molecular complexity index is 367. The monoisotopic (exact) mass is 209 g/mol. The van der Waals surface area contributed by atoms with Crippen molar-refractivity contribution in [2.24, 2.45) is 0 Å². The lowest BCUT2D eigenvalue weighted by atomic mass is 9.95. The van der Waals surface area contributed by atoms with Crippen LogP contribution in [-0.2, 0) is 9.59 Å². The second-order valence-corrected chi connectivity index (χ2v) is 4.84. The molecule has 1 fully saturated rings. The first-order chi connectivity index (χ1) is 6.65. The standard InChI is InChI=1S/C10H11NO2S/c1-6-2-3-8(14-6)7-4-9(12)11-10(13)5-7/h2-3,7H,4-5H2,1H3,(H,11,12,13). The van der Waals surface area contributed by atoms with Crippen molar-refractivity contribution in [2.45, 2.75) is 25.7 Å². The van der Waals surface area contributed by atoms with Crippen molar-refractivity contribution in [1.82, 2.24) is 5.32 Å². The number of nitrogens with one attached hydrogen (secondary N) is 1. The molecule has 1 aliphatic rings. The Labute approximate surface area is 86.1 Å². The molecule has 74 valence electrons. The van der Waals surface area contributed by atoms with E-state index in [0.717, 1.165) is 4.88 Å². The van der Waals surface area contributed by atoms with E-state index in [1.807, 2.05) is 19.1 Å². The van der Waals surface area contributed by atoms with Gasteiger partial charge in [-0.2, -0.15) is 0 Å². The quantitative estimate of drug-likeness (QED) is 0.714. The van der Waals surface area contributed by atoms with Crippen molar-refractivity contribution in [1.29, 1.82) is 0 Å². The Morgan fingerprint density at radius 1 is 1.29 bits per heavy atom. The number of rotatable bonds is 1. The van der Waals surface area contributed by atoms with Gasteiger partial charge in [0.05, 0.1) is 0 Å². The average Bonchev–Trinajstić information content (AvgIpc) is 2.50. The summed E-state index contributed by atoms with van der Waals surface area (Å²) in [6, 6.07) is 4.04. The second kappa shape index (κ2) is 3.53. The van der Waals surface area contributed by atoms with E-state index in [0.29, 0.717) is 12.8 Å². The number of imide groups is 1. The second-order valence-electron chi connectivity index (χ2n) is 3.52. The van der Waals surface area contributed by atoms with E-state index in [1.54, 1.807) is 11.3 Å². The number of piperidine rings is 1. The number of aryl methyl sites for hydroxylation is 1. The van der Waals surface area contributed by atoms with Gasteiger partial charge in [-0.05, 0) is 19.1 Å². The van der Waals surface area contributed by atoms with Gasteiger partial charge in [0.2, 0.25) is 11.8 Å². The number of hydrogen-bond acceptors (Lipinski definition) is 3. The first kappa shape index (κ1) is 9.40. The Balaban J connectivity index is 2.18. The molecular weight excluding hydrogens is 198 g/mol. The zero-order valence-corrected chi connectivity index (χ0v) is 8.69. The Morgan fingerprint density at radius 2 is 1.93 bits per heavy atom. The molecule has 1 aromatic rings. The number of thiophene rings is 1. The molecule has 0 spiro atoms. The molecule has 14 heavy (non-hydrogen) atoms. The summed E-state index contributed by atoms with van der Waals surface area (Å²) >= 11 is 1.67. The number of carbonyl (C=O) groups is 2. The van der Waals surface area contributed by atoms with Crippen LogP contribution in [0.2, 0.25) is 0 Å². The highest BCUT2D eigenvalue weighted by molar-refractivity contribution is 7.12. The highest BCUT2D eigenvalue weighted by atomic mass is 32.1. The van der Waals surface area contributed by atoms with Gasteiger partial charge in [-0.15, -0.1) is 11.3 Å². The van der Waals surface area contributed by atoms with Crippen LogP contribution in [-0.4, -0.2) is 11.8 Å². The summed E-state index contributed by atoms with van der Waals surface area (Å²) in [4.78, 5) is 24.6. The molecule has 3 nitrogen and oxygen atoms in total. The van der Waals surface area contributed by atoms with Crippen LogP contribution in [0.3, 0.4) is 0 Å². The normalized spacial score (nSPS) is 18.4. The van der Waals surface area contributed by atoms with E-state index < -0.39 is 0 Å². The van der Waals surface area contributed by atoms with Crippen LogP contribution in [0.1, 0.15) is 28.5 Å². The van der Waals surface area contributed by atoms with Crippen LogP contribution in [0.25, 0.3) is 0 Å². The van der Waals surface area contributed by atoms with E-state index in [4.69, 9.17) is 0 Å². The molecule has 2 amide bonds. The molecule has 1 aromatic heterocycles. The molecule has 0 aromatic carbocycles.